The van der Waals surface area contributed by atoms with Gasteiger partial charge in [-0.2, -0.15) is 0 Å². The van der Waals surface area contributed by atoms with Crippen molar-refractivity contribution in [3.05, 3.63) is 57.9 Å². The molecule has 0 amide bonds. The summed E-state index contributed by atoms with van der Waals surface area (Å²) in [5.41, 5.74) is 7.15. The molecule has 0 fully saturated rings. The molecule has 1 N–H and O–H groups in total. The van der Waals surface area contributed by atoms with Crippen LogP contribution >= 0.6 is 12.2 Å². The van der Waals surface area contributed by atoms with Gasteiger partial charge in [0.2, 0.25) is 0 Å². The topological polar surface area (TPSA) is 20.7 Å². The zero-order valence-corrected chi connectivity index (χ0v) is 12.1. The molecule has 0 saturated carbocycles. The minimum Gasteiger partial charge on any atom is -0.330 e. The van der Waals surface area contributed by atoms with Crippen LogP contribution in [0.25, 0.3) is 16.7 Å². The minimum absolute atomic E-state index is 0.745. The summed E-state index contributed by atoms with van der Waals surface area (Å²) in [5.74, 6) is 0. The van der Waals surface area contributed by atoms with E-state index in [1.807, 2.05) is 0 Å². The second-order valence-electron chi connectivity index (χ2n) is 5.01. The number of nitrogens with zero attached hydrogens (tertiary/aromatic N) is 1. The van der Waals surface area contributed by atoms with E-state index in [0.29, 0.717) is 0 Å². The van der Waals surface area contributed by atoms with E-state index in [0.717, 1.165) is 21.5 Å². The van der Waals surface area contributed by atoms with Gasteiger partial charge in [-0.05, 0) is 67.9 Å². The summed E-state index contributed by atoms with van der Waals surface area (Å²) in [4.78, 5) is 3.28. The van der Waals surface area contributed by atoms with Crippen molar-refractivity contribution in [3.63, 3.8) is 0 Å². The van der Waals surface area contributed by atoms with Crippen molar-refractivity contribution in [1.82, 2.24) is 9.55 Å². The average molecular weight is 268 g/mol. The summed E-state index contributed by atoms with van der Waals surface area (Å²) < 4.78 is 2.87. The fourth-order valence-electron chi connectivity index (χ4n) is 2.43. The first-order valence-electron chi connectivity index (χ1n) is 6.36. The highest BCUT2D eigenvalue weighted by Crippen LogP contribution is 2.24. The van der Waals surface area contributed by atoms with Crippen molar-refractivity contribution in [3.8, 4) is 5.69 Å². The summed E-state index contributed by atoms with van der Waals surface area (Å²) >= 11 is 5.49. The van der Waals surface area contributed by atoms with E-state index in [1.165, 1.54) is 16.7 Å². The van der Waals surface area contributed by atoms with Crippen molar-refractivity contribution < 1.29 is 0 Å². The number of hydrogen-bond acceptors (Lipinski definition) is 1. The zero-order valence-electron chi connectivity index (χ0n) is 11.3. The molecule has 3 heteroatoms. The fraction of sp³-hybridized carbons (Fsp3) is 0.188. The van der Waals surface area contributed by atoms with Crippen LogP contribution in [0, 0.1) is 25.5 Å². The smallest absolute Gasteiger partial charge is 0.182 e. The molecule has 96 valence electrons. The Hall–Kier alpha value is -1.87. The second kappa shape index (κ2) is 4.35. The molecule has 19 heavy (non-hydrogen) atoms. The maximum atomic E-state index is 5.49. The first-order chi connectivity index (χ1) is 9.08. The molecule has 0 spiro atoms. The van der Waals surface area contributed by atoms with Crippen LogP contribution in [0.2, 0.25) is 0 Å². The molecule has 0 aliphatic carbocycles. The largest absolute Gasteiger partial charge is 0.330 e. The zero-order chi connectivity index (χ0) is 13.6. The van der Waals surface area contributed by atoms with Crippen LogP contribution in [0.3, 0.4) is 0 Å². The molecule has 0 aliphatic rings. The molecule has 0 saturated heterocycles. The van der Waals surface area contributed by atoms with Gasteiger partial charge in [-0.3, -0.25) is 4.57 Å². The highest BCUT2D eigenvalue weighted by Gasteiger charge is 2.09. The quantitative estimate of drug-likeness (QED) is 0.639. The third-order valence-corrected chi connectivity index (χ3v) is 3.94. The molecule has 0 bridgehead atoms. The van der Waals surface area contributed by atoms with Gasteiger partial charge in [0.05, 0.1) is 16.7 Å². The SMILES string of the molecule is Cc1ccc2[nH]c(=S)n(-c3cccc(C)c3C)c2c1. The molecule has 0 unspecified atom stereocenters. The van der Waals surface area contributed by atoms with Gasteiger partial charge in [-0.25, -0.2) is 0 Å². The molecular weight excluding hydrogens is 252 g/mol. The molecule has 1 heterocycles. The van der Waals surface area contributed by atoms with Crippen LogP contribution in [-0.4, -0.2) is 9.55 Å². The Labute approximate surface area is 117 Å². The van der Waals surface area contributed by atoms with E-state index in [4.69, 9.17) is 12.2 Å². The molecular formula is C16H16N2S. The fourth-order valence-corrected chi connectivity index (χ4v) is 2.74. The first-order valence-corrected chi connectivity index (χ1v) is 6.77. The van der Waals surface area contributed by atoms with E-state index >= 15 is 0 Å². The molecule has 2 aromatic carbocycles. The number of benzene rings is 2. The lowest BCUT2D eigenvalue weighted by Crippen LogP contribution is -1.98. The Morgan fingerprint density at radius 1 is 1.05 bits per heavy atom. The second-order valence-corrected chi connectivity index (χ2v) is 5.39. The van der Waals surface area contributed by atoms with Gasteiger partial charge >= 0.3 is 0 Å². The van der Waals surface area contributed by atoms with Gasteiger partial charge in [0, 0.05) is 0 Å². The molecule has 0 atom stereocenters. The van der Waals surface area contributed by atoms with Crippen LogP contribution in [0.4, 0.5) is 0 Å². The Morgan fingerprint density at radius 3 is 2.63 bits per heavy atom. The van der Waals surface area contributed by atoms with Crippen LogP contribution in [0.15, 0.2) is 36.4 Å². The summed E-state index contributed by atoms with van der Waals surface area (Å²) in [6, 6.07) is 12.7. The monoisotopic (exact) mass is 268 g/mol. The van der Waals surface area contributed by atoms with E-state index < -0.39 is 0 Å². The number of hydrogen-bond donors (Lipinski definition) is 1. The third-order valence-electron chi connectivity index (χ3n) is 3.66. The van der Waals surface area contributed by atoms with Gasteiger partial charge in [0.1, 0.15) is 0 Å². The number of H-pyrrole nitrogens is 1. The average Bonchev–Trinajstić information content (AvgIpc) is 2.69. The van der Waals surface area contributed by atoms with Crippen LogP contribution in [0.5, 0.6) is 0 Å². The summed E-state index contributed by atoms with van der Waals surface area (Å²) in [5, 5.41) is 0. The standard InChI is InChI=1S/C16H16N2S/c1-10-7-8-13-15(9-10)18(16(19)17-13)14-6-4-5-11(2)12(14)3/h4-9H,1-3H3,(H,17,19). The maximum Gasteiger partial charge on any atom is 0.182 e. The number of aryl methyl sites for hydroxylation is 2. The maximum absolute atomic E-state index is 5.49. The predicted molar refractivity (Wildman–Crippen MR) is 82.7 cm³/mol. The molecule has 2 nitrogen and oxygen atoms in total. The number of nitrogens with one attached hydrogen (secondary N) is 1. The lowest BCUT2D eigenvalue weighted by Gasteiger charge is -2.10. The Bertz CT molecular complexity index is 824. The summed E-state index contributed by atoms with van der Waals surface area (Å²) in [7, 11) is 0. The first kappa shape index (κ1) is 12.2. The van der Waals surface area contributed by atoms with Gasteiger partial charge in [0.15, 0.2) is 4.77 Å². The Balaban J connectivity index is 2.42. The number of fused-ring (bicyclic) bond motifs is 1. The van der Waals surface area contributed by atoms with Crippen molar-refractivity contribution in [2.45, 2.75) is 20.8 Å². The van der Waals surface area contributed by atoms with Gasteiger partial charge in [-0.15, -0.1) is 0 Å². The van der Waals surface area contributed by atoms with E-state index in [9.17, 15) is 0 Å². The number of rotatable bonds is 1. The highest BCUT2D eigenvalue weighted by molar-refractivity contribution is 7.71. The molecule has 1 aromatic heterocycles. The van der Waals surface area contributed by atoms with E-state index in [1.54, 1.807) is 0 Å². The summed E-state index contributed by atoms with van der Waals surface area (Å²) in [6.07, 6.45) is 0. The predicted octanol–water partition coefficient (Wildman–Crippen LogP) is 4.61. The highest BCUT2D eigenvalue weighted by atomic mass is 32.1. The molecule has 0 aliphatic heterocycles. The molecule has 3 aromatic rings. The van der Waals surface area contributed by atoms with Crippen LogP contribution in [-0.2, 0) is 0 Å². The normalized spacial score (nSPS) is 11.1. The number of aromatic nitrogens is 2. The lowest BCUT2D eigenvalue weighted by atomic mass is 10.1. The van der Waals surface area contributed by atoms with Crippen LogP contribution in [0.1, 0.15) is 16.7 Å². The van der Waals surface area contributed by atoms with Crippen LogP contribution < -0.4 is 0 Å². The number of aromatic amines is 1. The third kappa shape index (κ3) is 1.90. The Morgan fingerprint density at radius 2 is 1.84 bits per heavy atom. The summed E-state index contributed by atoms with van der Waals surface area (Å²) in [6.45, 7) is 6.37. The Kier molecular flexibility index (Phi) is 2.79. The van der Waals surface area contributed by atoms with Crippen molar-refractivity contribution in [1.29, 1.82) is 0 Å². The minimum atomic E-state index is 0.745. The van der Waals surface area contributed by atoms with Gasteiger partial charge < -0.3 is 4.98 Å². The van der Waals surface area contributed by atoms with Crippen molar-refractivity contribution >= 4 is 23.3 Å². The van der Waals surface area contributed by atoms with E-state index in [2.05, 4.69) is 66.7 Å². The number of imidazole rings is 1. The molecule has 3 rings (SSSR count). The van der Waals surface area contributed by atoms with Crippen molar-refractivity contribution in [2.24, 2.45) is 0 Å². The van der Waals surface area contributed by atoms with E-state index in [-0.39, 0.29) is 0 Å². The van der Waals surface area contributed by atoms with Gasteiger partial charge in [0.25, 0.3) is 0 Å². The lowest BCUT2D eigenvalue weighted by molar-refractivity contribution is 1.04. The van der Waals surface area contributed by atoms with Gasteiger partial charge in [-0.1, -0.05) is 18.2 Å². The molecule has 0 radical (unpaired) electrons. The van der Waals surface area contributed by atoms with Crippen molar-refractivity contribution in [2.75, 3.05) is 0 Å².